The number of rotatable bonds is 5. The second kappa shape index (κ2) is 8.47. The van der Waals surface area contributed by atoms with Gasteiger partial charge in [-0.15, -0.1) is 0 Å². The van der Waals surface area contributed by atoms with Crippen LogP contribution in [0.15, 0.2) is 41.3 Å². The van der Waals surface area contributed by atoms with Crippen LogP contribution in [0.2, 0.25) is 0 Å². The summed E-state index contributed by atoms with van der Waals surface area (Å²) in [7, 11) is -3.54. The lowest BCUT2D eigenvalue weighted by atomic mass is 9.97. The van der Waals surface area contributed by atoms with Crippen molar-refractivity contribution in [3.05, 3.63) is 64.5 Å². The number of halogens is 1. The molecule has 1 aliphatic heterocycles. The van der Waals surface area contributed by atoms with E-state index >= 15 is 0 Å². The fraction of sp³-hybridized carbons (Fsp3) is 0.435. The largest absolute Gasteiger partial charge is 0.352 e. The standard InChI is InChI=1S/C23H27FN2O3S/c1-16-5-6-17(13-22(16)24)15-25-23(27)19-9-11-26(12-10-19)30(28,29)21-8-7-18-3-2-4-20(18)14-21/h5-8,13-14,19H,2-4,9-12,15H2,1H3,(H,25,27). The van der Waals surface area contributed by atoms with E-state index in [0.717, 1.165) is 24.8 Å². The quantitative estimate of drug-likeness (QED) is 0.791. The van der Waals surface area contributed by atoms with Crippen LogP contribution in [0.4, 0.5) is 4.39 Å². The van der Waals surface area contributed by atoms with Crippen LogP contribution in [-0.2, 0) is 34.2 Å². The number of nitrogens with zero attached hydrogens (tertiary/aromatic N) is 1. The third-order valence-electron chi connectivity index (χ3n) is 6.24. The molecular weight excluding hydrogens is 403 g/mol. The van der Waals surface area contributed by atoms with E-state index in [-0.39, 0.29) is 24.2 Å². The van der Waals surface area contributed by atoms with Gasteiger partial charge in [0.2, 0.25) is 15.9 Å². The minimum absolute atomic E-state index is 0.106. The lowest BCUT2D eigenvalue weighted by molar-refractivity contribution is -0.126. The maximum absolute atomic E-state index is 13.7. The molecule has 5 nitrogen and oxygen atoms in total. The molecule has 0 spiro atoms. The molecule has 0 bridgehead atoms. The Hall–Kier alpha value is -2.25. The van der Waals surface area contributed by atoms with Gasteiger partial charge in [-0.3, -0.25) is 4.79 Å². The fourth-order valence-electron chi connectivity index (χ4n) is 4.30. The highest BCUT2D eigenvalue weighted by Crippen LogP contribution is 2.28. The summed E-state index contributed by atoms with van der Waals surface area (Å²) in [5, 5.41) is 2.86. The van der Waals surface area contributed by atoms with Crippen molar-refractivity contribution in [1.29, 1.82) is 0 Å². The Bertz CT molecular complexity index is 1060. The van der Waals surface area contributed by atoms with Crippen molar-refractivity contribution in [2.24, 2.45) is 5.92 Å². The molecule has 7 heteroatoms. The van der Waals surface area contributed by atoms with Crippen LogP contribution >= 0.6 is 0 Å². The van der Waals surface area contributed by atoms with Crippen LogP contribution in [0.5, 0.6) is 0 Å². The van der Waals surface area contributed by atoms with Crippen molar-refractivity contribution in [2.75, 3.05) is 13.1 Å². The second-order valence-electron chi connectivity index (χ2n) is 8.26. The van der Waals surface area contributed by atoms with E-state index < -0.39 is 10.0 Å². The number of carbonyl (C=O) groups is 1. The molecule has 0 radical (unpaired) electrons. The number of aryl methyl sites for hydroxylation is 3. The van der Waals surface area contributed by atoms with Gasteiger partial charge in [0.25, 0.3) is 0 Å². The summed E-state index contributed by atoms with van der Waals surface area (Å²) in [5.41, 5.74) is 3.67. The molecule has 4 rings (SSSR count). The molecule has 160 valence electrons. The Morgan fingerprint density at radius 2 is 1.83 bits per heavy atom. The smallest absolute Gasteiger partial charge is 0.243 e. The molecule has 2 aliphatic rings. The Kier molecular flexibility index (Phi) is 5.93. The van der Waals surface area contributed by atoms with Gasteiger partial charge in [-0.25, -0.2) is 12.8 Å². The number of hydrogen-bond acceptors (Lipinski definition) is 3. The number of carbonyl (C=O) groups excluding carboxylic acids is 1. The highest BCUT2D eigenvalue weighted by atomic mass is 32.2. The summed E-state index contributed by atoms with van der Waals surface area (Å²) in [6, 6.07) is 10.4. The van der Waals surface area contributed by atoms with Gasteiger partial charge < -0.3 is 5.32 Å². The van der Waals surface area contributed by atoms with Gasteiger partial charge in [0, 0.05) is 25.6 Å². The van der Waals surface area contributed by atoms with Gasteiger partial charge in [-0.2, -0.15) is 4.31 Å². The Labute approximate surface area is 177 Å². The van der Waals surface area contributed by atoms with Crippen LogP contribution in [0.3, 0.4) is 0 Å². The van der Waals surface area contributed by atoms with E-state index in [1.54, 1.807) is 25.1 Å². The Morgan fingerprint density at radius 3 is 2.57 bits per heavy atom. The summed E-state index contributed by atoms with van der Waals surface area (Å²) >= 11 is 0. The molecule has 0 unspecified atom stereocenters. The van der Waals surface area contributed by atoms with Gasteiger partial charge in [0.05, 0.1) is 4.90 Å². The molecular formula is C23H27FN2O3S. The topological polar surface area (TPSA) is 66.5 Å². The first-order valence-electron chi connectivity index (χ1n) is 10.5. The van der Waals surface area contributed by atoms with E-state index in [4.69, 9.17) is 0 Å². The van der Waals surface area contributed by atoms with Crippen LogP contribution in [0.25, 0.3) is 0 Å². The van der Waals surface area contributed by atoms with E-state index in [9.17, 15) is 17.6 Å². The molecule has 30 heavy (non-hydrogen) atoms. The van der Waals surface area contributed by atoms with Gasteiger partial charge in [-0.1, -0.05) is 18.2 Å². The van der Waals surface area contributed by atoms with Crippen molar-refractivity contribution in [1.82, 2.24) is 9.62 Å². The van der Waals surface area contributed by atoms with Crippen molar-refractivity contribution in [3.8, 4) is 0 Å². The SMILES string of the molecule is Cc1ccc(CNC(=O)C2CCN(S(=O)(=O)c3ccc4c(c3)CCC4)CC2)cc1F. The molecule has 0 aromatic heterocycles. The average molecular weight is 431 g/mol. The summed E-state index contributed by atoms with van der Waals surface area (Å²) in [5.74, 6) is -0.621. The zero-order valence-electron chi connectivity index (χ0n) is 17.2. The maximum atomic E-state index is 13.7. The van der Waals surface area contributed by atoms with Crippen molar-refractivity contribution in [3.63, 3.8) is 0 Å². The van der Waals surface area contributed by atoms with E-state index in [0.29, 0.717) is 42.0 Å². The van der Waals surface area contributed by atoms with Gasteiger partial charge in [-0.05, 0) is 79.5 Å². The zero-order chi connectivity index (χ0) is 21.3. The van der Waals surface area contributed by atoms with E-state index in [1.807, 2.05) is 12.1 Å². The predicted octanol–water partition coefficient (Wildman–Crippen LogP) is 3.34. The Balaban J connectivity index is 1.33. The van der Waals surface area contributed by atoms with Gasteiger partial charge in [0.15, 0.2) is 0 Å². The summed E-state index contributed by atoms with van der Waals surface area (Å²) in [4.78, 5) is 12.9. The monoisotopic (exact) mass is 430 g/mol. The van der Waals surface area contributed by atoms with E-state index in [1.165, 1.54) is 15.9 Å². The molecule has 2 aromatic carbocycles. The zero-order valence-corrected chi connectivity index (χ0v) is 18.0. The van der Waals surface area contributed by atoms with E-state index in [2.05, 4.69) is 5.32 Å². The van der Waals surface area contributed by atoms with Crippen LogP contribution in [0, 0.1) is 18.7 Å². The molecule has 1 N–H and O–H groups in total. The molecule has 1 heterocycles. The first-order chi connectivity index (χ1) is 14.3. The summed E-state index contributed by atoms with van der Waals surface area (Å²) in [6.45, 7) is 2.62. The van der Waals surface area contributed by atoms with Gasteiger partial charge in [0.1, 0.15) is 5.82 Å². The molecule has 0 atom stereocenters. The summed E-state index contributed by atoms with van der Waals surface area (Å²) in [6.07, 6.45) is 4.00. The number of fused-ring (bicyclic) bond motifs is 1. The average Bonchev–Trinajstić information content (AvgIpc) is 3.22. The first-order valence-corrected chi connectivity index (χ1v) is 11.9. The highest BCUT2D eigenvalue weighted by Gasteiger charge is 2.32. The van der Waals surface area contributed by atoms with Crippen LogP contribution in [0.1, 0.15) is 41.5 Å². The normalized spacial score (nSPS) is 17.7. The third kappa shape index (κ3) is 4.27. The Morgan fingerprint density at radius 1 is 1.10 bits per heavy atom. The molecule has 2 aromatic rings. The summed E-state index contributed by atoms with van der Waals surface area (Å²) < 4.78 is 41.2. The number of sulfonamides is 1. The molecule has 1 aliphatic carbocycles. The minimum Gasteiger partial charge on any atom is -0.352 e. The number of benzene rings is 2. The molecule has 1 saturated heterocycles. The molecule has 1 amide bonds. The number of hydrogen-bond donors (Lipinski definition) is 1. The number of amides is 1. The maximum Gasteiger partial charge on any atom is 0.243 e. The fourth-order valence-corrected chi connectivity index (χ4v) is 5.82. The lowest BCUT2D eigenvalue weighted by Gasteiger charge is -2.30. The second-order valence-corrected chi connectivity index (χ2v) is 10.2. The highest BCUT2D eigenvalue weighted by molar-refractivity contribution is 7.89. The number of nitrogens with one attached hydrogen (secondary N) is 1. The number of piperidine rings is 1. The van der Waals surface area contributed by atoms with Crippen LogP contribution < -0.4 is 5.32 Å². The third-order valence-corrected chi connectivity index (χ3v) is 8.13. The lowest BCUT2D eigenvalue weighted by Crippen LogP contribution is -2.42. The minimum atomic E-state index is -3.54. The van der Waals surface area contributed by atoms with Crippen molar-refractivity contribution < 1.29 is 17.6 Å². The van der Waals surface area contributed by atoms with Crippen LogP contribution in [-0.4, -0.2) is 31.7 Å². The molecule has 1 fully saturated rings. The van der Waals surface area contributed by atoms with Crippen molar-refractivity contribution in [2.45, 2.75) is 50.5 Å². The first kappa shape index (κ1) is 21.0. The predicted molar refractivity (Wildman–Crippen MR) is 113 cm³/mol. The van der Waals surface area contributed by atoms with Crippen molar-refractivity contribution >= 4 is 15.9 Å². The molecule has 0 saturated carbocycles. The van der Waals surface area contributed by atoms with Gasteiger partial charge >= 0.3 is 0 Å².